The van der Waals surface area contributed by atoms with Gasteiger partial charge in [0, 0.05) is 5.38 Å². The van der Waals surface area contributed by atoms with Gasteiger partial charge in [-0.3, -0.25) is 0 Å². The van der Waals surface area contributed by atoms with Crippen molar-refractivity contribution in [3.63, 3.8) is 0 Å². The second kappa shape index (κ2) is 6.83. The van der Waals surface area contributed by atoms with E-state index in [1.54, 1.807) is 29.6 Å². The molecule has 0 fully saturated rings. The molecule has 0 spiro atoms. The summed E-state index contributed by atoms with van der Waals surface area (Å²) in [5, 5.41) is 11.8. The van der Waals surface area contributed by atoms with Crippen molar-refractivity contribution in [3.8, 4) is 6.07 Å². The molecule has 6 heteroatoms. The number of thiazole rings is 1. The van der Waals surface area contributed by atoms with Gasteiger partial charge >= 0.3 is 0 Å². The Hall–Kier alpha value is -1.71. The van der Waals surface area contributed by atoms with Gasteiger partial charge in [0.2, 0.25) is 0 Å². The average molecular weight is 320 g/mol. The highest BCUT2D eigenvalue weighted by Gasteiger charge is 2.17. The number of aryl methyl sites for hydroxylation is 1. The first-order valence-corrected chi connectivity index (χ1v) is 9.36. The van der Waals surface area contributed by atoms with Crippen LogP contribution in [0.15, 0.2) is 29.6 Å². The van der Waals surface area contributed by atoms with E-state index in [0.717, 1.165) is 17.8 Å². The fourth-order valence-corrected chi connectivity index (χ4v) is 4.44. The molecule has 0 aliphatic rings. The van der Waals surface area contributed by atoms with Gasteiger partial charge in [-0.15, -0.1) is 11.3 Å². The van der Waals surface area contributed by atoms with E-state index in [4.69, 9.17) is 5.26 Å². The third kappa shape index (κ3) is 4.38. The molecule has 4 nitrogen and oxygen atoms in total. The smallest absolute Gasteiger partial charge is 0.160 e. The number of hydrogen-bond donors (Lipinski definition) is 0. The van der Waals surface area contributed by atoms with Crippen molar-refractivity contribution in [1.29, 1.82) is 5.26 Å². The molecular weight excluding hydrogens is 304 g/mol. The fourth-order valence-electron chi connectivity index (χ4n) is 2.01. The average Bonchev–Trinajstić information content (AvgIpc) is 2.86. The van der Waals surface area contributed by atoms with Crippen molar-refractivity contribution in [3.05, 3.63) is 51.5 Å². The van der Waals surface area contributed by atoms with Crippen LogP contribution in [-0.2, 0) is 27.8 Å². The number of benzene rings is 1. The first kappa shape index (κ1) is 15.7. The monoisotopic (exact) mass is 320 g/mol. The van der Waals surface area contributed by atoms with Gasteiger partial charge in [0.1, 0.15) is 0 Å². The van der Waals surface area contributed by atoms with Crippen molar-refractivity contribution in [1.82, 2.24) is 4.98 Å². The first-order valence-electron chi connectivity index (χ1n) is 6.66. The third-order valence-electron chi connectivity index (χ3n) is 2.94. The molecule has 1 aromatic carbocycles. The van der Waals surface area contributed by atoms with E-state index >= 15 is 0 Å². The standard InChI is InChI=1S/C15H16N2O2S2/c1-2-5-15-17-14(9-20-15)11-21(18,19)10-13-7-4-3-6-12(13)8-16/h3-4,6-7,9H,2,5,10-11H2,1H3. The van der Waals surface area contributed by atoms with Gasteiger partial charge in [0.15, 0.2) is 9.84 Å². The molecule has 0 radical (unpaired) electrons. The van der Waals surface area contributed by atoms with Crippen molar-refractivity contribution < 1.29 is 8.42 Å². The number of nitrogens with zero attached hydrogens (tertiary/aromatic N) is 2. The minimum atomic E-state index is -3.33. The molecule has 1 heterocycles. The normalized spacial score (nSPS) is 11.2. The minimum absolute atomic E-state index is 0.0764. The zero-order valence-electron chi connectivity index (χ0n) is 11.7. The highest BCUT2D eigenvalue weighted by Crippen LogP contribution is 2.18. The Morgan fingerprint density at radius 1 is 1.29 bits per heavy atom. The molecule has 0 unspecified atom stereocenters. The zero-order valence-corrected chi connectivity index (χ0v) is 13.4. The van der Waals surface area contributed by atoms with Crippen LogP contribution in [0.3, 0.4) is 0 Å². The second-order valence-electron chi connectivity index (χ2n) is 4.78. The van der Waals surface area contributed by atoms with E-state index in [1.165, 1.54) is 11.3 Å². The Labute approximate surface area is 129 Å². The Morgan fingerprint density at radius 2 is 2.05 bits per heavy atom. The lowest BCUT2D eigenvalue weighted by Crippen LogP contribution is -2.09. The maximum absolute atomic E-state index is 12.3. The number of hydrogen-bond acceptors (Lipinski definition) is 5. The summed E-state index contributed by atoms with van der Waals surface area (Å²) in [6.45, 7) is 2.07. The molecule has 1 aromatic heterocycles. The van der Waals surface area contributed by atoms with Gasteiger partial charge in [-0.2, -0.15) is 5.26 Å². The molecule has 0 aliphatic carbocycles. The SMILES string of the molecule is CCCc1nc(CS(=O)(=O)Cc2ccccc2C#N)cs1. The van der Waals surface area contributed by atoms with Gasteiger partial charge in [-0.05, 0) is 24.5 Å². The quantitative estimate of drug-likeness (QED) is 0.820. The van der Waals surface area contributed by atoms with E-state index in [0.29, 0.717) is 16.8 Å². The van der Waals surface area contributed by atoms with Gasteiger partial charge in [0.05, 0.1) is 33.8 Å². The van der Waals surface area contributed by atoms with Crippen LogP contribution in [0.5, 0.6) is 0 Å². The van der Waals surface area contributed by atoms with Crippen LogP contribution < -0.4 is 0 Å². The van der Waals surface area contributed by atoms with Crippen LogP contribution in [0.2, 0.25) is 0 Å². The van der Waals surface area contributed by atoms with E-state index < -0.39 is 9.84 Å². The Morgan fingerprint density at radius 3 is 2.76 bits per heavy atom. The lowest BCUT2D eigenvalue weighted by Gasteiger charge is -2.04. The number of aromatic nitrogens is 1. The summed E-state index contributed by atoms with van der Waals surface area (Å²) in [5.41, 5.74) is 1.55. The fraction of sp³-hybridized carbons (Fsp3) is 0.333. The summed E-state index contributed by atoms with van der Waals surface area (Å²) in [4.78, 5) is 4.34. The predicted molar refractivity (Wildman–Crippen MR) is 83.6 cm³/mol. The van der Waals surface area contributed by atoms with Crippen LogP contribution >= 0.6 is 11.3 Å². The molecule has 110 valence electrons. The molecule has 0 N–H and O–H groups in total. The first-order chi connectivity index (χ1) is 10.0. The maximum atomic E-state index is 12.3. The van der Waals surface area contributed by atoms with E-state index in [2.05, 4.69) is 11.9 Å². The Kier molecular flexibility index (Phi) is 5.10. The molecule has 2 aromatic rings. The predicted octanol–water partition coefficient (Wildman–Crippen LogP) is 3.08. The molecule has 0 amide bonds. The second-order valence-corrected chi connectivity index (χ2v) is 7.79. The van der Waals surface area contributed by atoms with Crippen LogP contribution in [0.25, 0.3) is 0 Å². The number of nitriles is 1. The molecule has 2 rings (SSSR count). The maximum Gasteiger partial charge on any atom is 0.160 e. The van der Waals surface area contributed by atoms with Crippen LogP contribution in [0, 0.1) is 11.3 Å². The van der Waals surface area contributed by atoms with Gasteiger partial charge in [-0.25, -0.2) is 13.4 Å². The molecule has 21 heavy (non-hydrogen) atoms. The van der Waals surface area contributed by atoms with E-state index in [-0.39, 0.29) is 11.5 Å². The molecular formula is C15H16N2O2S2. The summed E-state index contributed by atoms with van der Waals surface area (Å²) in [6.07, 6.45) is 1.87. The third-order valence-corrected chi connectivity index (χ3v) is 5.39. The summed E-state index contributed by atoms with van der Waals surface area (Å²) in [5.74, 6) is -0.204. The van der Waals surface area contributed by atoms with Gasteiger partial charge in [0.25, 0.3) is 0 Å². The molecule has 0 saturated carbocycles. The van der Waals surface area contributed by atoms with Crippen molar-refractivity contribution in [2.75, 3.05) is 0 Å². The molecule has 0 aliphatic heterocycles. The number of sulfone groups is 1. The molecule has 0 atom stereocenters. The summed E-state index contributed by atoms with van der Waals surface area (Å²) in [6, 6.07) is 8.81. The van der Waals surface area contributed by atoms with Crippen LogP contribution in [0.1, 0.15) is 35.2 Å². The van der Waals surface area contributed by atoms with Crippen LogP contribution in [0.4, 0.5) is 0 Å². The van der Waals surface area contributed by atoms with Gasteiger partial charge < -0.3 is 0 Å². The van der Waals surface area contributed by atoms with Crippen molar-refractivity contribution >= 4 is 21.2 Å². The Bertz CT molecular complexity index is 758. The molecule has 0 bridgehead atoms. The van der Waals surface area contributed by atoms with Crippen molar-refractivity contribution in [2.24, 2.45) is 0 Å². The van der Waals surface area contributed by atoms with Crippen molar-refractivity contribution in [2.45, 2.75) is 31.3 Å². The molecule has 0 saturated heterocycles. The lowest BCUT2D eigenvalue weighted by atomic mass is 10.1. The van der Waals surface area contributed by atoms with Crippen LogP contribution in [-0.4, -0.2) is 13.4 Å². The highest BCUT2D eigenvalue weighted by molar-refractivity contribution is 7.89. The summed E-state index contributed by atoms with van der Waals surface area (Å²) in [7, 11) is -3.33. The van der Waals surface area contributed by atoms with E-state index in [1.807, 2.05) is 6.07 Å². The number of rotatable bonds is 6. The topological polar surface area (TPSA) is 70.8 Å². The summed E-state index contributed by atoms with van der Waals surface area (Å²) >= 11 is 1.50. The highest BCUT2D eigenvalue weighted by atomic mass is 32.2. The lowest BCUT2D eigenvalue weighted by molar-refractivity contribution is 0.594. The zero-order chi connectivity index (χ0) is 15.3. The van der Waals surface area contributed by atoms with E-state index in [9.17, 15) is 8.42 Å². The Balaban J connectivity index is 2.13. The largest absolute Gasteiger partial charge is 0.245 e. The minimum Gasteiger partial charge on any atom is -0.245 e. The summed E-state index contributed by atoms with van der Waals surface area (Å²) < 4.78 is 24.5. The van der Waals surface area contributed by atoms with Gasteiger partial charge in [-0.1, -0.05) is 25.1 Å².